The first-order valence-corrected chi connectivity index (χ1v) is 8.22. The lowest BCUT2D eigenvalue weighted by atomic mass is 10.2. The molecule has 21 heavy (non-hydrogen) atoms. The zero-order valence-electron chi connectivity index (χ0n) is 11.1. The Hall–Kier alpha value is -0.860. The highest BCUT2D eigenvalue weighted by Crippen LogP contribution is 2.31. The predicted molar refractivity (Wildman–Crippen MR) is 78.2 cm³/mol. The predicted octanol–water partition coefficient (Wildman–Crippen LogP) is 2.13. The van der Waals surface area contributed by atoms with Crippen LogP contribution in [0.2, 0.25) is 10.0 Å². The minimum absolute atomic E-state index is 0.0486. The van der Waals surface area contributed by atoms with Gasteiger partial charge >= 0.3 is 5.97 Å². The zero-order chi connectivity index (χ0) is 16.0. The van der Waals surface area contributed by atoms with Gasteiger partial charge < -0.3 is 14.6 Å². The normalized spacial score (nSPS) is 11.6. The molecule has 0 saturated carbocycles. The van der Waals surface area contributed by atoms with Gasteiger partial charge in [0.15, 0.2) is 9.84 Å². The lowest BCUT2D eigenvalue weighted by Crippen LogP contribution is -2.15. The van der Waals surface area contributed by atoms with Crippen molar-refractivity contribution in [3.05, 3.63) is 27.7 Å². The molecule has 6 nitrogen and oxygen atoms in total. The molecule has 0 radical (unpaired) electrons. The monoisotopic (exact) mass is 356 g/mol. The summed E-state index contributed by atoms with van der Waals surface area (Å²) in [6, 6.07) is 2.37. The maximum absolute atomic E-state index is 12.1. The fraction of sp³-hybridized carbons (Fsp3) is 0.417. The van der Waals surface area contributed by atoms with Crippen LogP contribution in [-0.4, -0.2) is 52.2 Å². The summed E-state index contributed by atoms with van der Waals surface area (Å²) in [6.45, 7) is 0.568. The van der Waals surface area contributed by atoms with Crippen LogP contribution in [0, 0.1) is 0 Å². The first-order valence-electron chi connectivity index (χ1n) is 5.82. The van der Waals surface area contributed by atoms with Crippen LogP contribution in [-0.2, 0) is 19.3 Å². The average molecular weight is 357 g/mol. The lowest BCUT2D eigenvalue weighted by Gasteiger charge is -2.10. The van der Waals surface area contributed by atoms with Gasteiger partial charge in [0.05, 0.1) is 46.1 Å². The fourth-order valence-electron chi connectivity index (χ4n) is 1.49. The van der Waals surface area contributed by atoms with Crippen LogP contribution in [0.4, 0.5) is 0 Å². The molecule has 0 aliphatic rings. The molecular formula is C12H14Cl2O6S. The molecule has 1 aromatic rings. The molecule has 0 unspecified atom stereocenters. The second-order valence-corrected chi connectivity index (χ2v) is 6.83. The topological polar surface area (TPSA) is 89.9 Å². The van der Waals surface area contributed by atoms with Gasteiger partial charge in [-0.25, -0.2) is 13.2 Å². The van der Waals surface area contributed by atoms with Crippen molar-refractivity contribution in [2.24, 2.45) is 0 Å². The van der Waals surface area contributed by atoms with E-state index >= 15 is 0 Å². The van der Waals surface area contributed by atoms with Gasteiger partial charge in [-0.1, -0.05) is 23.2 Å². The Labute approximate surface area is 132 Å². The third-order valence-corrected chi connectivity index (χ3v) is 5.07. The number of carboxylic acids is 1. The minimum Gasteiger partial charge on any atom is -0.478 e. The molecule has 0 aliphatic heterocycles. The first-order chi connectivity index (χ1) is 9.81. The number of hydrogen-bond acceptors (Lipinski definition) is 5. The first kappa shape index (κ1) is 18.2. The molecule has 0 saturated heterocycles. The van der Waals surface area contributed by atoms with Crippen molar-refractivity contribution in [1.82, 2.24) is 0 Å². The van der Waals surface area contributed by atoms with Gasteiger partial charge in [0.2, 0.25) is 0 Å². The highest BCUT2D eigenvalue weighted by molar-refractivity contribution is 7.91. The molecule has 0 aromatic heterocycles. The summed E-state index contributed by atoms with van der Waals surface area (Å²) in [5.41, 5.74) is -0.431. The number of benzene rings is 1. The number of aromatic carboxylic acids is 1. The van der Waals surface area contributed by atoms with E-state index in [-0.39, 0.29) is 28.9 Å². The van der Waals surface area contributed by atoms with Gasteiger partial charge in [-0.05, 0) is 12.1 Å². The van der Waals surface area contributed by atoms with Crippen LogP contribution in [0.5, 0.6) is 0 Å². The van der Waals surface area contributed by atoms with Gasteiger partial charge in [0.1, 0.15) is 0 Å². The van der Waals surface area contributed by atoms with E-state index in [0.717, 1.165) is 0 Å². The largest absolute Gasteiger partial charge is 0.478 e. The molecule has 1 aromatic carbocycles. The highest BCUT2D eigenvalue weighted by Gasteiger charge is 2.24. The van der Waals surface area contributed by atoms with Gasteiger partial charge in [0, 0.05) is 7.11 Å². The quantitative estimate of drug-likeness (QED) is 0.717. The number of methoxy groups -OCH3 is 1. The van der Waals surface area contributed by atoms with Crippen LogP contribution in [0.15, 0.2) is 17.0 Å². The third kappa shape index (κ3) is 4.82. The van der Waals surface area contributed by atoms with E-state index in [1.165, 1.54) is 19.2 Å². The number of rotatable bonds is 8. The lowest BCUT2D eigenvalue weighted by molar-refractivity contribution is 0.0697. The van der Waals surface area contributed by atoms with E-state index in [2.05, 4.69) is 0 Å². The minimum atomic E-state index is -3.77. The van der Waals surface area contributed by atoms with Gasteiger partial charge in [-0.15, -0.1) is 0 Å². The van der Waals surface area contributed by atoms with Crippen molar-refractivity contribution >= 4 is 39.0 Å². The fourth-order valence-corrected chi connectivity index (χ4v) is 3.59. The molecule has 0 aliphatic carbocycles. The standard InChI is InChI=1S/C12H14Cl2O6S/c1-19-4-5-20-6-7-21(17,18)9-3-2-8(13)10(11(9)14)12(15)16/h2-3H,4-7H2,1H3,(H,15,16). The van der Waals surface area contributed by atoms with E-state index in [4.69, 9.17) is 37.8 Å². The summed E-state index contributed by atoms with van der Waals surface area (Å²) in [5, 5.41) is 8.49. The van der Waals surface area contributed by atoms with E-state index in [9.17, 15) is 13.2 Å². The number of halogens is 2. The Morgan fingerprint density at radius 3 is 2.48 bits per heavy atom. The van der Waals surface area contributed by atoms with E-state index < -0.39 is 26.4 Å². The Morgan fingerprint density at radius 2 is 1.90 bits per heavy atom. The SMILES string of the molecule is COCCOCCS(=O)(=O)c1ccc(Cl)c(C(=O)O)c1Cl. The molecule has 0 heterocycles. The molecule has 0 fully saturated rings. The summed E-state index contributed by atoms with van der Waals surface area (Å²) in [4.78, 5) is 10.8. The number of sulfone groups is 1. The molecule has 1 N–H and O–H groups in total. The zero-order valence-corrected chi connectivity index (χ0v) is 13.5. The Balaban J connectivity index is 2.94. The van der Waals surface area contributed by atoms with E-state index in [0.29, 0.717) is 6.61 Å². The number of ether oxygens (including phenoxy) is 2. The van der Waals surface area contributed by atoms with Crippen molar-refractivity contribution in [2.75, 3.05) is 32.7 Å². The van der Waals surface area contributed by atoms with Gasteiger partial charge in [-0.2, -0.15) is 0 Å². The summed E-state index contributed by atoms with van der Waals surface area (Å²) >= 11 is 11.6. The summed E-state index contributed by atoms with van der Waals surface area (Å²) in [5.74, 6) is -1.71. The van der Waals surface area contributed by atoms with Crippen molar-refractivity contribution in [3.8, 4) is 0 Å². The molecule has 0 atom stereocenters. The van der Waals surface area contributed by atoms with Crippen molar-refractivity contribution < 1.29 is 27.8 Å². The molecule has 118 valence electrons. The van der Waals surface area contributed by atoms with Crippen LogP contribution >= 0.6 is 23.2 Å². The summed E-state index contributed by atoms with van der Waals surface area (Å²) in [7, 11) is -2.27. The summed E-state index contributed by atoms with van der Waals surface area (Å²) in [6.07, 6.45) is 0. The Morgan fingerprint density at radius 1 is 1.24 bits per heavy atom. The number of carboxylic acid groups (broad SMARTS) is 1. The molecule has 0 amide bonds. The third-order valence-electron chi connectivity index (χ3n) is 2.53. The Bertz CT molecular complexity index is 614. The van der Waals surface area contributed by atoms with E-state index in [1.807, 2.05) is 0 Å². The highest BCUT2D eigenvalue weighted by atomic mass is 35.5. The second-order valence-electron chi connectivity index (χ2n) is 3.96. The van der Waals surface area contributed by atoms with E-state index in [1.54, 1.807) is 0 Å². The van der Waals surface area contributed by atoms with Crippen molar-refractivity contribution in [2.45, 2.75) is 4.90 Å². The molecule has 9 heteroatoms. The molecule has 0 spiro atoms. The van der Waals surface area contributed by atoms with Crippen molar-refractivity contribution in [1.29, 1.82) is 0 Å². The second kappa shape index (κ2) is 7.95. The van der Waals surface area contributed by atoms with Crippen molar-refractivity contribution in [3.63, 3.8) is 0 Å². The molecular weight excluding hydrogens is 343 g/mol. The van der Waals surface area contributed by atoms with Crippen LogP contribution in [0.1, 0.15) is 10.4 Å². The smallest absolute Gasteiger partial charge is 0.338 e. The molecule has 1 rings (SSSR count). The number of hydrogen-bond donors (Lipinski definition) is 1. The van der Waals surface area contributed by atoms with Gasteiger partial charge in [0.25, 0.3) is 0 Å². The average Bonchev–Trinajstić information content (AvgIpc) is 2.37. The summed E-state index contributed by atoms with van der Waals surface area (Å²) < 4.78 is 34.1. The Kier molecular flexibility index (Phi) is 6.89. The van der Waals surface area contributed by atoms with Crippen LogP contribution in [0.25, 0.3) is 0 Å². The maximum Gasteiger partial charge on any atom is 0.338 e. The van der Waals surface area contributed by atoms with Gasteiger partial charge in [-0.3, -0.25) is 0 Å². The molecule has 0 bridgehead atoms. The van der Waals surface area contributed by atoms with Crippen LogP contribution < -0.4 is 0 Å². The van der Waals surface area contributed by atoms with Crippen LogP contribution in [0.3, 0.4) is 0 Å². The maximum atomic E-state index is 12.1. The number of carbonyl (C=O) groups is 1.